The van der Waals surface area contributed by atoms with Crippen molar-refractivity contribution in [3.8, 4) is 0 Å². The second-order valence-electron chi connectivity index (χ2n) is 14.5. The van der Waals surface area contributed by atoms with Crippen LogP contribution < -0.4 is 0 Å². The van der Waals surface area contributed by atoms with Crippen LogP contribution in [0.4, 0.5) is 0 Å². The fraction of sp³-hybridized carbons (Fsp3) is 0.897. The number of allylic oxidation sites excluding steroid dienone is 1. The number of carbonyl (C=O) groups excluding carboxylic acids is 1. The highest BCUT2D eigenvalue weighted by Gasteiger charge is 2.62. The van der Waals surface area contributed by atoms with Gasteiger partial charge in [-0.3, -0.25) is 4.79 Å². The summed E-state index contributed by atoms with van der Waals surface area (Å²) in [5.41, 5.74) is 1.69. The normalized spacial score (nSPS) is 36.7. The van der Waals surface area contributed by atoms with Crippen LogP contribution in [-0.2, 0) is 14.0 Å². The molecule has 0 radical (unpaired) electrons. The van der Waals surface area contributed by atoms with E-state index in [1.807, 2.05) is 0 Å². The van der Waals surface area contributed by atoms with Crippen molar-refractivity contribution in [3.05, 3.63) is 11.6 Å². The van der Waals surface area contributed by atoms with E-state index in [9.17, 15) is 9.90 Å². The van der Waals surface area contributed by atoms with Crippen LogP contribution in [0.5, 0.6) is 0 Å². The number of ether oxygens (including phenoxy) is 1. The summed E-state index contributed by atoms with van der Waals surface area (Å²) in [4.78, 5) is 13.5. The Bertz CT molecular complexity index is 794. The van der Waals surface area contributed by atoms with Gasteiger partial charge in [-0.1, -0.05) is 66.5 Å². The first-order chi connectivity index (χ1) is 15.5. The maximum absolute atomic E-state index is 13.5. The van der Waals surface area contributed by atoms with Crippen LogP contribution in [-0.4, -0.2) is 38.7 Å². The van der Waals surface area contributed by atoms with Crippen LogP contribution in [0.2, 0.25) is 18.1 Å². The molecule has 0 amide bonds. The number of aliphatic hydroxyl groups excluding tert-OH is 1. The van der Waals surface area contributed by atoms with Gasteiger partial charge in [-0.15, -0.1) is 0 Å². The maximum Gasteiger partial charge on any atom is 0.313 e. The highest BCUT2D eigenvalue weighted by atomic mass is 28.4. The van der Waals surface area contributed by atoms with Crippen molar-refractivity contribution in [2.24, 2.45) is 34.0 Å². The summed E-state index contributed by atoms with van der Waals surface area (Å²) in [5.74, 6) is 0.822. The Morgan fingerprint density at radius 3 is 2.35 bits per heavy atom. The van der Waals surface area contributed by atoms with Crippen LogP contribution in [0.15, 0.2) is 11.6 Å². The number of fused-ring (bicyclic) bond motifs is 3. The van der Waals surface area contributed by atoms with Crippen molar-refractivity contribution < 1.29 is 19.1 Å². The molecule has 3 aliphatic carbocycles. The summed E-state index contributed by atoms with van der Waals surface area (Å²) in [5, 5.41) is 10.6. The Labute approximate surface area is 210 Å². The minimum Gasteiger partial charge on any atom is -0.462 e. The Hall–Kier alpha value is -0.653. The standard InChI is InChI=1S/C29H52O4Si/c1-20-12-13-23-28(7)16-11-15-27(5,6)22(28)14-17-29(23,8)24(20)25(31)32-18-21(30)19-33-34(9,10)26(2,3)4/h12,21-24,30H,11,13-19H2,1-10H3/t21-,22?,23+,24-,28-,29+/m1/s1. The number of hydrogen-bond donors (Lipinski definition) is 1. The molecule has 5 heteroatoms. The second-order valence-corrected chi connectivity index (χ2v) is 19.3. The lowest BCUT2D eigenvalue weighted by Gasteiger charge is -2.64. The summed E-state index contributed by atoms with van der Waals surface area (Å²) in [6, 6.07) is 0. The van der Waals surface area contributed by atoms with E-state index >= 15 is 0 Å². The van der Waals surface area contributed by atoms with Crippen molar-refractivity contribution in [2.45, 2.75) is 118 Å². The number of rotatable bonds is 6. The molecule has 1 unspecified atom stereocenters. The summed E-state index contributed by atoms with van der Waals surface area (Å²) in [7, 11) is -1.95. The van der Waals surface area contributed by atoms with Gasteiger partial charge in [-0.25, -0.2) is 0 Å². The lowest BCUT2D eigenvalue weighted by atomic mass is 9.40. The molecular formula is C29H52O4Si. The molecule has 34 heavy (non-hydrogen) atoms. The summed E-state index contributed by atoms with van der Waals surface area (Å²) < 4.78 is 11.9. The zero-order valence-corrected chi connectivity index (χ0v) is 24.7. The Balaban J connectivity index is 1.70. The van der Waals surface area contributed by atoms with Gasteiger partial charge in [0, 0.05) is 0 Å². The molecule has 6 atom stereocenters. The van der Waals surface area contributed by atoms with Crippen molar-refractivity contribution >= 4 is 14.3 Å². The molecule has 0 aromatic heterocycles. The first kappa shape index (κ1) is 27.9. The van der Waals surface area contributed by atoms with E-state index in [1.54, 1.807) is 0 Å². The zero-order chi connectivity index (χ0) is 25.7. The third kappa shape index (κ3) is 4.95. The number of aliphatic hydroxyl groups is 1. The number of carbonyl (C=O) groups is 1. The average molecular weight is 493 g/mol. The van der Waals surface area contributed by atoms with Gasteiger partial charge in [0.1, 0.15) is 12.7 Å². The van der Waals surface area contributed by atoms with Crippen LogP contribution in [0.25, 0.3) is 0 Å². The average Bonchev–Trinajstić information content (AvgIpc) is 2.68. The zero-order valence-electron chi connectivity index (χ0n) is 23.7. The first-order valence-electron chi connectivity index (χ1n) is 13.6. The third-order valence-electron chi connectivity index (χ3n) is 10.7. The van der Waals surface area contributed by atoms with E-state index in [-0.39, 0.29) is 41.0 Å². The van der Waals surface area contributed by atoms with Crippen LogP contribution in [0.1, 0.15) is 93.9 Å². The van der Waals surface area contributed by atoms with Crippen LogP contribution in [0.3, 0.4) is 0 Å². The van der Waals surface area contributed by atoms with Crippen LogP contribution in [0, 0.1) is 34.0 Å². The van der Waals surface area contributed by atoms with Gasteiger partial charge in [0.15, 0.2) is 8.32 Å². The summed E-state index contributed by atoms with van der Waals surface area (Å²) >= 11 is 0. The lowest BCUT2D eigenvalue weighted by Crippen LogP contribution is -2.58. The molecule has 0 aromatic rings. The highest BCUT2D eigenvalue weighted by Crippen LogP contribution is 2.68. The van der Waals surface area contributed by atoms with Crippen molar-refractivity contribution in [3.63, 3.8) is 0 Å². The fourth-order valence-electron chi connectivity index (χ4n) is 7.80. The molecule has 0 spiro atoms. The van der Waals surface area contributed by atoms with E-state index in [4.69, 9.17) is 9.16 Å². The predicted molar refractivity (Wildman–Crippen MR) is 142 cm³/mol. The Morgan fingerprint density at radius 2 is 1.74 bits per heavy atom. The van der Waals surface area contributed by atoms with Crippen molar-refractivity contribution in [2.75, 3.05) is 13.2 Å². The molecule has 2 saturated carbocycles. The molecular weight excluding hydrogens is 440 g/mol. The quantitative estimate of drug-likeness (QED) is 0.243. The molecule has 0 aromatic carbocycles. The molecule has 0 aliphatic heterocycles. The number of esters is 1. The van der Waals surface area contributed by atoms with E-state index < -0.39 is 14.4 Å². The highest BCUT2D eigenvalue weighted by molar-refractivity contribution is 6.74. The Morgan fingerprint density at radius 1 is 1.09 bits per heavy atom. The molecule has 2 fully saturated rings. The smallest absolute Gasteiger partial charge is 0.313 e. The van der Waals surface area contributed by atoms with Gasteiger partial charge < -0.3 is 14.3 Å². The summed E-state index contributed by atoms with van der Waals surface area (Å²) in [6.45, 7) is 23.0. The SMILES string of the molecule is CC1=CC[C@@H]2[C@](C)(CCC3C(C)(C)CCC[C@]32C)[C@H]1C(=O)OC[C@@H](O)CO[Si](C)(C)C(C)(C)C. The fourth-order valence-corrected chi connectivity index (χ4v) is 8.84. The van der Waals surface area contributed by atoms with E-state index in [0.717, 1.165) is 18.4 Å². The van der Waals surface area contributed by atoms with Gasteiger partial charge in [0.2, 0.25) is 0 Å². The van der Waals surface area contributed by atoms with Crippen molar-refractivity contribution in [1.29, 1.82) is 0 Å². The van der Waals surface area contributed by atoms with Gasteiger partial charge in [-0.05, 0) is 85.2 Å². The first-order valence-corrected chi connectivity index (χ1v) is 16.5. The van der Waals surface area contributed by atoms with Gasteiger partial charge in [0.05, 0.1) is 12.5 Å². The predicted octanol–water partition coefficient (Wildman–Crippen LogP) is 7.13. The van der Waals surface area contributed by atoms with Gasteiger partial charge in [0.25, 0.3) is 0 Å². The lowest BCUT2D eigenvalue weighted by molar-refractivity contribution is -0.174. The van der Waals surface area contributed by atoms with Crippen molar-refractivity contribution in [1.82, 2.24) is 0 Å². The molecule has 0 heterocycles. The third-order valence-corrected chi connectivity index (χ3v) is 15.2. The van der Waals surface area contributed by atoms with Crippen LogP contribution >= 0.6 is 0 Å². The topological polar surface area (TPSA) is 55.8 Å². The number of hydrogen-bond acceptors (Lipinski definition) is 4. The molecule has 3 rings (SSSR count). The minimum atomic E-state index is -1.95. The second kappa shape index (κ2) is 9.34. The summed E-state index contributed by atoms with van der Waals surface area (Å²) in [6.07, 6.45) is 8.71. The van der Waals surface area contributed by atoms with E-state index in [0.29, 0.717) is 17.3 Å². The molecule has 196 valence electrons. The molecule has 0 saturated heterocycles. The maximum atomic E-state index is 13.5. The van der Waals surface area contributed by atoms with E-state index in [1.165, 1.54) is 25.7 Å². The molecule has 3 aliphatic rings. The monoisotopic (exact) mass is 492 g/mol. The van der Waals surface area contributed by atoms with E-state index in [2.05, 4.69) is 74.6 Å². The minimum absolute atomic E-state index is 0.00487. The molecule has 4 nitrogen and oxygen atoms in total. The largest absolute Gasteiger partial charge is 0.462 e. The Kier molecular flexibility index (Phi) is 7.67. The van der Waals surface area contributed by atoms with Gasteiger partial charge in [-0.2, -0.15) is 0 Å². The molecule has 0 bridgehead atoms. The molecule has 1 N–H and O–H groups in total. The van der Waals surface area contributed by atoms with Gasteiger partial charge >= 0.3 is 5.97 Å².